The van der Waals surface area contributed by atoms with Crippen molar-refractivity contribution in [2.45, 2.75) is 32.0 Å². The lowest BCUT2D eigenvalue weighted by Gasteiger charge is -2.11. The molecule has 2 N–H and O–H groups in total. The minimum absolute atomic E-state index is 0.403. The number of hydrogen-bond acceptors (Lipinski definition) is 3. The van der Waals surface area contributed by atoms with Crippen molar-refractivity contribution in [1.29, 1.82) is 0 Å². The van der Waals surface area contributed by atoms with Gasteiger partial charge in [0.2, 0.25) is 0 Å². The molecule has 1 atom stereocenters. The predicted octanol–water partition coefficient (Wildman–Crippen LogP) is 4.33. The molecule has 20 heavy (non-hydrogen) atoms. The van der Waals surface area contributed by atoms with Crippen LogP contribution in [-0.2, 0) is 6.18 Å². The van der Waals surface area contributed by atoms with Gasteiger partial charge in [0, 0.05) is 11.1 Å². The number of rotatable bonds is 3. The highest BCUT2D eigenvalue weighted by Crippen LogP contribution is 2.35. The molecular formula is C14H15F3N2S. The van der Waals surface area contributed by atoms with Gasteiger partial charge in [-0.05, 0) is 17.0 Å². The first-order valence-electron chi connectivity index (χ1n) is 6.17. The first-order valence-corrected chi connectivity index (χ1v) is 6.99. The second-order valence-electron chi connectivity index (χ2n) is 4.86. The Morgan fingerprint density at radius 1 is 1.10 bits per heavy atom. The molecule has 2 nitrogen and oxygen atoms in total. The van der Waals surface area contributed by atoms with Crippen LogP contribution in [0, 0.1) is 0 Å². The smallest absolute Gasteiger partial charge is 0.320 e. The zero-order valence-corrected chi connectivity index (χ0v) is 11.9. The summed E-state index contributed by atoms with van der Waals surface area (Å²) in [6.45, 7) is 4.15. The van der Waals surface area contributed by atoms with Crippen molar-refractivity contribution in [1.82, 2.24) is 4.98 Å². The Morgan fingerprint density at radius 3 is 2.10 bits per heavy atom. The second kappa shape index (κ2) is 5.54. The molecule has 0 spiro atoms. The molecule has 0 amide bonds. The Kier molecular flexibility index (Phi) is 4.15. The van der Waals surface area contributed by atoms with Crippen LogP contribution in [0.1, 0.15) is 46.8 Å². The summed E-state index contributed by atoms with van der Waals surface area (Å²) >= 11 is 0.592. The quantitative estimate of drug-likeness (QED) is 0.916. The molecule has 0 saturated heterocycles. The Bertz CT molecular complexity index is 573. The Morgan fingerprint density at radius 2 is 1.65 bits per heavy atom. The van der Waals surface area contributed by atoms with Crippen molar-refractivity contribution < 1.29 is 13.2 Å². The summed E-state index contributed by atoms with van der Waals surface area (Å²) in [4.78, 5) is 3.81. The van der Waals surface area contributed by atoms with Gasteiger partial charge >= 0.3 is 6.18 Å². The SMILES string of the molecule is CC(C)c1ccc(C(N)c2cnc(C(F)(F)F)s2)cc1. The van der Waals surface area contributed by atoms with E-state index in [1.807, 2.05) is 24.3 Å². The molecule has 0 saturated carbocycles. The largest absolute Gasteiger partial charge is 0.443 e. The molecule has 6 heteroatoms. The van der Waals surface area contributed by atoms with Crippen LogP contribution >= 0.6 is 11.3 Å². The maximum absolute atomic E-state index is 12.5. The number of nitrogens with zero attached hydrogens (tertiary/aromatic N) is 1. The van der Waals surface area contributed by atoms with Gasteiger partial charge in [0.1, 0.15) is 0 Å². The normalized spacial score (nSPS) is 13.8. The van der Waals surface area contributed by atoms with Gasteiger partial charge in [0.05, 0.1) is 6.04 Å². The van der Waals surface area contributed by atoms with Crippen LogP contribution in [-0.4, -0.2) is 4.98 Å². The molecule has 108 valence electrons. The third kappa shape index (κ3) is 3.19. The number of alkyl halides is 3. The van der Waals surface area contributed by atoms with Gasteiger partial charge in [-0.3, -0.25) is 0 Å². The summed E-state index contributed by atoms with van der Waals surface area (Å²) in [5.74, 6) is 0.403. The van der Waals surface area contributed by atoms with Crippen molar-refractivity contribution in [2.24, 2.45) is 5.73 Å². The zero-order valence-electron chi connectivity index (χ0n) is 11.1. The summed E-state index contributed by atoms with van der Waals surface area (Å²) in [6.07, 6.45) is -3.21. The highest BCUT2D eigenvalue weighted by atomic mass is 32.1. The molecule has 2 aromatic rings. The average Bonchev–Trinajstić information content (AvgIpc) is 2.87. The molecule has 1 aromatic carbocycles. The van der Waals surface area contributed by atoms with E-state index in [0.29, 0.717) is 22.1 Å². The molecule has 1 heterocycles. The van der Waals surface area contributed by atoms with E-state index in [1.54, 1.807) is 0 Å². The number of hydrogen-bond donors (Lipinski definition) is 1. The molecule has 2 rings (SSSR count). The predicted molar refractivity (Wildman–Crippen MR) is 73.7 cm³/mol. The van der Waals surface area contributed by atoms with Crippen LogP contribution in [0.3, 0.4) is 0 Å². The fraction of sp³-hybridized carbons (Fsp3) is 0.357. The van der Waals surface area contributed by atoms with Gasteiger partial charge in [0.25, 0.3) is 0 Å². The summed E-state index contributed by atoms with van der Waals surface area (Å²) in [7, 11) is 0. The van der Waals surface area contributed by atoms with Crippen LogP contribution < -0.4 is 5.73 Å². The van der Waals surface area contributed by atoms with E-state index in [1.165, 1.54) is 11.8 Å². The van der Waals surface area contributed by atoms with E-state index in [2.05, 4.69) is 18.8 Å². The van der Waals surface area contributed by atoms with Crippen LogP contribution in [0.25, 0.3) is 0 Å². The number of nitrogens with two attached hydrogens (primary N) is 1. The zero-order chi connectivity index (χ0) is 14.9. The van der Waals surface area contributed by atoms with Crippen molar-refractivity contribution in [2.75, 3.05) is 0 Å². The van der Waals surface area contributed by atoms with Crippen LogP contribution in [0.5, 0.6) is 0 Å². The minimum Gasteiger partial charge on any atom is -0.320 e. The fourth-order valence-electron chi connectivity index (χ4n) is 1.81. The van der Waals surface area contributed by atoms with Crippen molar-refractivity contribution in [3.05, 3.63) is 51.5 Å². The average molecular weight is 300 g/mol. The number of halogens is 3. The number of thiazole rings is 1. The third-order valence-electron chi connectivity index (χ3n) is 3.03. The van der Waals surface area contributed by atoms with Crippen molar-refractivity contribution in [3.8, 4) is 0 Å². The van der Waals surface area contributed by atoms with Crippen LogP contribution in [0.15, 0.2) is 30.5 Å². The summed E-state index contributed by atoms with van der Waals surface area (Å²) < 4.78 is 37.5. The standard InChI is InChI=1S/C14H15F3N2S/c1-8(2)9-3-5-10(6-4-9)12(18)11-7-19-13(20-11)14(15,16)17/h3-8,12H,18H2,1-2H3. The maximum atomic E-state index is 12.5. The Labute approximate surface area is 119 Å². The van der Waals surface area contributed by atoms with E-state index in [4.69, 9.17) is 5.73 Å². The number of benzene rings is 1. The lowest BCUT2D eigenvalue weighted by Crippen LogP contribution is -2.10. The molecule has 0 bridgehead atoms. The van der Waals surface area contributed by atoms with E-state index in [9.17, 15) is 13.2 Å². The van der Waals surface area contributed by atoms with Gasteiger partial charge < -0.3 is 5.73 Å². The number of aromatic nitrogens is 1. The van der Waals surface area contributed by atoms with Crippen LogP contribution in [0.4, 0.5) is 13.2 Å². The van der Waals surface area contributed by atoms with E-state index in [-0.39, 0.29) is 0 Å². The summed E-state index contributed by atoms with van der Waals surface area (Å²) in [5, 5.41) is -0.859. The van der Waals surface area contributed by atoms with Crippen molar-refractivity contribution in [3.63, 3.8) is 0 Å². The molecule has 1 unspecified atom stereocenters. The van der Waals surface area contributed by atoms with Crippen LogP contribution in [0.2, 0.25) is 0 Å². The Hall–Kier alpha value is -1.40. The molecular weight excluding hydrogens is 285 g/mol. The fourth-order valence-corrected chi connectivity index (χ4v) is 2.63. The third-order valence-corrected chi connectivity index (χ3v) is 4.16. The molecule has 0 radical (unpaired) electrons. The van der Waals surface area contributed by atoms with Gasteiger partial charge in [0.15, 0.2) is 5.01 Å². The molecule has 0 fully saturated rings. The van der Waals surface area contributed by atoms with Gasteiger partial charge in [-0.15, -0.1) is 11.3 Å². The molecule has 0 aliphatic rings. The molecule has 0 aliphatic heterocycles. The van der Waals surface area contributed by atoms with E-state index < -0.39 is 17.2 Å². The molecule has 1 aromatic heterocycles. The topological polar surface area (TPSA) is 38.9 Å². The highest BCUT2D eigenvalue weighted by molar-refractivity contribution is 7.11. The van der Waals surface area contributed by atoms with Crippen molar-refractivity contribution >= 4 is 11.3 Å². The summed E-state index contributed by atoms with van der Waals surface area (Å²) in [5.41, 5.74) is 7.95. The monoisotopic (exact) mass is 300 g/mol. The van der Waals surface area contributed by atoms with E-state index in [0.717, 1.165) is 5.56 Å². The van der Waals surface area contributed by atoms with Gasteiger partial charge in [-0.1, -0.05) is 38.1 Å². The summed E-state index contributed by atoms with van der Waals surface area (Å²) in [6, 6.07) is 7.03. The van der Waals surface area contributed by atoms with Gasteiger partial charge in [-0.2, -0.15) is 13.2 Å². The second-order valence-corrected chi connectivity index (χ2v) is 5.93. The van der Waals surface area contributed by atoms with E-state index >= 15 is 0 Å². The first-order chi connectivity index (χ1) is 9.29. The minimum atomic E-state index is -4.41. The lowest BCUT2D eigenvalue weighted by molar-refractivity contribution is -0.137. The lowest BCUT2D eigenvalue weighted by atomic mass is 9.99. The highest BCUT2D eigenvalue weighted by Gasteiger charge is 2.35. The first kappa shape index (κ1) is 15.0. The maximum Gasteiger partial charge on any atom is 0.443 e. The molecule has 0 aliphatic carbocycles. The van der Waals surface area contributed by atoms with Gasteiger partial charge in [-0.25, -0.2) is 4.98 Å². The Balaban J connectivity index is 2.22.